The van der Waals surface area contributed by atoms with Gasteiger partial charge in [-0.1, -0.05) is 30.3 Å². The molecule has 24 heavy (non-hydrogen) atoms. The molecule has 116 valence electrons. The molecule has 0 saturated carbocycles. The van der Waals surface area contributed by atoms with Crippen LogP contribution in [0.4, 0.5) is 0 Å². The van der Waals surface area contributed by atoms with E-state index in [0.717, 1.165) is 22.0 Å². The number of fused-ring (bicyclic) bond motifs is 1. The van der Waals surface area contributed by atoms with Gasteiger partial charge in [-0.3, -0.25) is 4.98 Å². The molecule has 0 unspecified atom stereocenters. The summed E-state index contributed by atoms with van der Waals surface area (Å²) in [7, 11) is 2.05. The average molecular weight is 312 g/mol. The summed E-state index contributed by atoms with van der Waals surface area (Å²) in [6.45, 7) is 2.15. The van der Waals surface area contributed by atoms with Crippen LogP contribution in [0.3, 0.4) is 0 Å². The quantitative estimate of drug-likeness (QED) is 0.522. The molecule has 0 aliphatic rings. The van der Waals surface area contributed by atoms with Crippen molar-refractivity contribution in [3.63, 3.8) is 0 Å². The van der Waals surface area contributed by atoms with Crippen molar-refractivity contribution in [3.05, 3.63) is 78.9 Å². The number of hydrogen-bond donors (Lipinski definition) is 0. The maximum Gasteiger partial charge on any atom is 0.287 e. The molecule has 0 aliphatic heterocycles. The molecule has 0 bridgehead atoms. The Labute approximate surface area is 141 Å². The summed E-state index contributed by atoms with van der Waals surface area (Å²) in [5.41, 5.74) is 7.00. The van der Waals surface area contributed by atoms with E-state index in [0.29, 0.717) is 0 Å². The molecule has 4 rings (SSSR count). The van der Waals surface area contributed by atoms with Crippen LogP contribution in [0.5, 0.6) is 0 Å². The van der Waals surface area contributed by atoms with Gasteiger partial charge in [0.25, 0.3) is 6.33 Å². The fourth-order valence-corrected chi connectivity index (χ4v) is 3.13. The highest BCUT2D eigenvalue weighted by Crippen LogP contribution is 2.29. The van der Waals surface area contributed by atoms with Crippen LogP contribution in [0.1, 0.15) is 5.56 Å². The Balaban J connectivity index is 1.96. The smallest absolute Gasteiger partial charge is 0.265 e. The Morgan fingerprint density at radius 1 is 0.875 bits per heavy atom. The number of rotatable bonds is 2. The molecule has 0 aliphatic carbocycles. The van der Waals surface area contributed by atoms with Crippen molar-refractivity contribution in [3.8, 4) is 22.4 Å². The molecule has 2 aromatic heterocycles. The molecular weight excluding hydrogens is 294 g/mol. The van der Waals surface area contributed by atoms with Gasteiger partial charge in [-0.2, -0.15) is 0 Å². The Morgan fingerprint density at radius 2 is 1.67 bits per heavy atom. The Morgan fingerprint density at radius 3 is 2.46 bits per heavy atom. The van der Waals surface area contributed by atoms with Crippen LogP contribution in [0.25, 0.3) is 33.3 Å². The first-order valence-electron chi connectivity index (χ1n) is 7.99. The predicted octanol–water partition coefficient (Wildman–Crippen LogP) is 4.10. The molecule has 2 aromatic carbocycles. The first kappa shape index (κ1) is 14.5. The van der Waals surface area contributed by atoms with Crippen LogP contribution in [0, 0.1) is 6.92 Å². The van der Waals surface area contributed by atoms with Crippen LogP contribution >= 0.6 is 0 Å². The zero-order chi connectivity index (χ0) is 16.5. The van der Waals surface area contributed by atoms with E-state index in [9.17, 15) is 0 Å². The highest BCUT2D eigenvalue weighted by Gasteiger charge is 2.16. The summed E-state index contributed by atoms with van der Waals surface area (Å²) in [5.74, 6) is 0. The lowest BCUT2D eigenvalue weighted by Gasteiger charge is -2.09. The Bertz CT molecular complexity index is 1020. The standard InChI is InChI=1S/C21H18N3/c1-15-5-3-4-6-18(15)21-19-8-7-17(16-9-11-22-12-10-16)13-20(19)23-14-24(21)2/h3-14H,1-2H3/q+1. The third kappa shape index (κ3) is 2.44. The molecule has 3 heteroatoms. The summed E-state index contributed by atoms with van der Waals surface area (Å²) in [6, 6.07) is 19.0. The maximum absolute atomic E-state index is 4.63. The number of aromatic nitrogens is 3. The van der Waals surface area contributed by atoms with Crippen LogP contribution in [-0.4, -0.2) is 9.97 Å². The first-order valence-corrected chi connectivity index (χ1v) is 7.99. The maximum atomic E-state index is 4.63. The van der Waals surface area contributed by atoms with Crippen LogP contribution in [-0.2, 0) is 7.05 Å². The lowest BCUT2D eigenvalue weighted by Crippen LogP contribution is -2.31. The largest absolute Gasteiger partial charge is 0.287 e. The van der Waals surface area contributed by atoms with Gasteiger partial charge in [-0.15, -0.1) is 0 Å². The van der Waals surface area contributed by atoms with Gasteiger partial charge in [0.15, 0.2) is 5.52 Å². The molecule has 0 amide bonds. The normalized spacial score (nSPS) is 10.9. The second kappa shape index (κ2) is 5.85. The van der Waals surface area contributed by atoms with Crippen LogP contribution < -0.4 is 4.57 Å². The zero-order valence-electron chi connectivity index (χ0n) is 13.8. The molecule has 0 atom stereocenters. The SMILES string of the molecule is Cc1ccccc1-c1c2ccc(-c3ccncc3)cc2nc[n+]1C. The lowest BCUT2D eigenvalue weighted by molar-refractivity contribution is -0.662. The van der Waals surface area contributed by atoms with Gasteiger partial charge >= 0.3 is 0 Å². The lowest BCUT2D eigenvalue weighted by atomic mass is 9.99. The van der Waals surface area contributed by atoms with E-state index in [-0.39, 0.29) is 0 Å². The van der Waals surface area contributed by atoms with Crippen molar-refractivity contribution in [2.75, 3.05) is 0 Å². The van der Waals surface area contributed by atoms with E-state index in [1.807, 2.05) is 37.9 Å². The Hall–Kier alpha value is -3.07. The molecule has 3 nitrogen and oxygen atoms in total. The molecule has 0 saturated heterocycles. The molecular formula is C21H18N3+. The van der Waals surface area contributed by atoms with Gasteiger partial charge in [-0.05, 0) is 52.9 Å². The molecule has 2 heterocycles. The number of pyridine rings is 1. The van der Waals surface area contributed by atoms with E-state index in [4.69, 9.17) is 0 Å². The van der Waals surface area contributed by atoms with Crippen molar-refractivity contribution in [2.24, 2.45) is 7.05 Å². The minimum absolute atomic E-state index is 1.00. The molecule has 0 radical (unpaired) electrons. The fourth-order valence-electron chi connectivity index (χ4n) is 3.13. The summed E-state index contributed by atoms with van der Waals surface area (Å²) >= 11 is 0. The topological polar surface area (TPSA) is 29.7 Å². The fraction of sp³-hybridized carbons (Fsp3) is 0.0952. The Kier molecular flexibility index (Phi) is 3.54. The molecule has 0 fully saturated rings. The monoisotopic (exact) mass is 312 g/mol. The summed E-state index contributed by atoms with van der Waals surface area (Å²) in [5, 5.41) is 1.16. The van der Waals surface area contributed by atoms with Gasteiger partial charge in [0.2, 0.25) is 0 Å². The number of aryl methyl sites for hydroxylation is 2. The predicted molar refractivity (Wildman–Crippen MR) is 96.3 cm³/mol. The van der Waals surface area contributed by atoms with Gasteiger partial charge in [0.05, 0.1) is 12.4 Å². The average Bonchev–Trinajstić information content (AvgIpc) is 2.63. The van der Waals surface area contributed by atoms with E-state index in [1.54, 1.807) is 0 Å². The first-order chi connectivity index (χ1) is 11.7. The van der Waals surface area contributed by atoms with Crippen molar-refractivity contribution >= 4 is 10.9 Å². The minimum Gasteiger partial charge on any atom is -0.265 e. The van der Waals surface area contributed by atoms with Gasteiger partial charge in [-0.25, -0.2) is 4.57 Å². The van der Waals surface area contributed by atoms with Gasteiger partial charge < -0.3 is 0 Å². The van der Waals surface area contributed by atoms with Gasteiger partial charge in [0, 0.05) is 18.0 Å². The summed E-state index contributed by atoms with van der Waals surface area (Å²) in [4.78, 5) is 8.72. The van der Waals surface area contributed by atoms with Crippen molar-refractivity contribution < 1.29 is 4.57 Å². The van der Waals surface area contributed by atoms with Crippen molar-refractivity contribution in [1.29, 1.82) is 0 Å². The van der Waals surface area contributed by atoms with Gasteiger partial charge in [0.1, 0.15) is 5.69 Å². The second-order valence-electron chi connectivity index (χ2n) is 5.99. The molecule has 0 spiro atoms. The van der Waals surface area contributed by atoms with E-state index < -0.39 is 0 Å². The van der Waals surface area contributed by atoms with Crippen LogP contribution in [0.2, 0.25) is 0 Å². The van der Waals surface area contributed by atoms with E-state index in [1.165, 1.54) is 16.8 Å². The van der Waals surface area contributed by atoms with Crippen molar-refractivity contribution in [1.82, 2.24) is 9.97 Å². The second-order valence-corrected chi connectivity index (χ2v) is 5.99. The molecule has 4 aromatic rings. The molecule has 0 N–H and O–H groups in total. The third-order valence-corrected chi connectivity index (χ3v) is 4.39. The van der Waals surface area contributed by atoms with E-state index >= 15 is 0 Å². The zero-order valence-corrected chi connectivity index (χ0v) is 13.8. The highest BCUT2D eigenvalue weighted by atomic mass is 15.0. The highest BCUT2D eigenvalue weighted by molar-refractivity contribution is 5.93. The minimum atomic E-state index is 1.00. The van der Waals surface area contributed by atoms with Crippen LogP contribution in [0.15, 0.2) is 73.3 Å². The summed E-state index contributed by atoms with van der Waals surface area (Å²) < 4.78 is 2.09. The number of hydrogen-bond acceptors (Lipinski definition) is 2. The number of benzene rings is 2. The van der Waals surface area contributed by atoms with E-state index in [2.05, 4.69) is 63.9 Å². The van der Waals surface area contributed by atoms with Crippen molar-refractivity contribution in [2.45, 2.75) is 6.92 Å². The summed E-state index contributed by atoms with van der Waals surface area (Å²) in [6.07, 6.45) is 5.52. The number of nitrogens with zero attached hydrogens (tertiary/aromatic N) is 3. The third-order valence-electron chi connectivity index (χ3n) is 4.39.